The summed E-state index contributed by atoms with van der Waals surface area (Å²) in [6, 6.07) is 4.09. The number of benzene rings is 1. The average Bonchev–Trinajstić information content (AvgIpc) is 2.87. The van der Waals surface area contributed by atoms with Crippen molar-refractivity contribution in [3.05, 3.63) is 46.8 Å². The zero-order chi connectivity index (χ0) is 15.0. The van der Waals surface area contributed by atoms with E-state index in [1.54, 1.807) is 12.3 Å². The number of aromatic nitrogens is 2. The first-order valence-electron chi connectivity index (χ1n) is 6.44. The van der Waals surface area contributed by atoms with Crippen molar-refractivity contribution in [1.82, 2.24) is 15.3 Å². The van der Waals surface area contributed by atoms with Crippen molar-refractivity contribution >= 4 is 24.0 Å². The van der Waals surface area contributed by atoms with Gasteiger partial charge >= 0.3 is 6.18 Å². The molecule has 22 heavy (non-hydrogen) atoms. The standard InChI is InChI=1S/C14H13F3N4.ClH/c1-8-2-3-10(4-11(8)14(15,16)17)20-13-19-6-9-5-18-7-12(9)21-13;/h2-4,6,18H,5,7H2,1H3,(H,19,20,21);1H. The Hall–Kier alpha value is -1.86. The Morgan fingerprint density at radius 1 is 1.23 bits per heavy atom. The van der Waals surface area contributed by atoms with E-state index in [-0.39, 0.29) is 18.0 Å². The minimum absolute atomic E-state index is 0. The van der Waals surface area contributed by atoms with Crippen LogP contribution in [0.3, 0.4) is 0 Å². The molecule has 2 aromatic rings. The van der Waals surface area contributed by atoms with Gasteiger partial charge in [0.2, 0.25) is 5.95 Å². The lowest BCUT2D eigenvalue weighted by Crippen LogP contribution is -2.08. The Balaban J connectivity index is 0.00000176. The number of hydrogen-bond donors (Lipinski definition) is 2. The summed E-state index contributed by atoms with van der Waals surface area (Å²) in [6.45, 7) is 2.80. The molecular formula is C14H14ClF3N4. The van der Waals surface area contributed by atoms with Crippen LogP contribution in [0.5, 0.6) is 0 Å². The quantitative estimate of drug-likeness (QED) is 0.884. The Kier molecular flexibility index (Phi) is 4.58. The number of aryl methyl sites for hydroxylation is 1. The van der Waals surface area contributed by atoms with Gasteiger partial charge in [-0.3, -0.25) is 0 Å². The summed E-state index contributed by atoms with van der Waals surface area (Å²) in [4.78, 5) is 8.41. The van der Waals surface area contributed by atoms with Crippen LogP contribution < -0.4 is 10.6 Å². The van der Waals surface area contributed by atoms with Crippen molar-refractivity contribution < 1.29 is 13.2 Å². The van der Waals surface area contributed by atoms with Gasteiger partial charge in [-0.15, -0.1) is 12.4 Å². The number of anilines is 2. The Bertz CT molecular complexity index is 688. The first-order chi connectivity index (χ1) is 9.93. The maximum Gasteiger partial charge on any atom is 0.416 e. The number of nitrogens with zero attached hydrogens (tertiary/aromatic N) is 2. The third kappa shape index (κ3) is 3.31. The lowest BCUT2D eigenvalue weighted by molar-refractivity contribution is -0.138. The highest BCUT2D eigenvalue weighted by Crippen LogP contribution is 2.33. The van der Waals surface area contributed by atoms with Gasteiger partial charge in [0.1, 0.15) is 0 Å². The summed E-state index contributed by atoms with van der Waals surface area (Å²) in [5.41, 5.74) is 1.73. The molecular weight excluding hydrogens is 317 g/mol. The monoisotopic (exact) mass is 330 g/mol. The SMILES string of the molecule is Cc1ccc(Nc2ncc3c(n2)CNC3)cc1C(F)(F)F.Cl. The number of hydrogen-bond acceptors (Lipinski definition) is 4. The molecule has 0 amide bonds. The Morgan fingerprint density at radius 2 is 2.00 bits per heavy atom. The van der Waals surface area contributed by atoms with Crippen LogP contribution >= 0.6 is 12.4 Å². The van der Waals surface area contributed by atoms with Crippen LogP contribution in [0.1, 0.15) is 22.4 Å². The summed E-state index contributed by atoms with van der Waals surface area (Å²) >= 11 is 0. The molecule has 0 saturated carbocycles. The first-order valence-corrected chi connectivity index (χ1v) is 6.44. The molecule has 4 nitrogen and oxygen atoms in total. The molecule has 1 aliphatic heterocycles. The zero-order valence-corrected chi connectivity index (χ0v) is 12.5. The van der Waals surface area contributed by atoms with Crippen molar-refractivity contribution in [3.63, 3.8) is 0 Å². The molecule has 0 unspecified atom stereocenters. The van der Waals surface area contributed by atoms with E-state index in [9.17, 15) is 13.2 Å². The molecule has 0 aliphatic carbocycles. The lowest BCUT2D eigenvalue weighted by atomic mass is 10.1. The van der Waals surface area contributed by atoms with Gasteiger partial charge in [-0.2, -0.15) is 13.2 Å². The van der Waals surface area contributed by atoms with Crippen LogP contribution in [0, 0.1) is 6.92 Å². The third-order valence-electron chi connectivity index (χ3n) is 3.36. The molecule has 0 radical (unpaired) electrons. The van der Waals surface area contributed by atoms with E-state index >= 15 is 0 Å². The van der Waals surface area contributed by atoms with E-state index in [1.807, 2.05) is 0 Å². The van der Waals surface area contributed by atoms with E-state index in [4.69, 9.17) is 0 Å². The summed E-state index contributed by atoms with van der Waals surface area (Å²) < 4.78 is 38.6. The second kappa shape index (κ2) is 6.10. The number of rotatable bonds is 2. The molecule has 118 valence electrons. The van der Waals surface area contributed by atoms with E-state index in [1.165, 1.54) is 13.0 Å². The van der Waals surface area contributed by atoms with Crippen molar-refractivity contribution in [3.8, 4) is 0 Å². The third-order valence-corrected chi connectivity index (χ3v) is 3.36. The maximum absolute atomic E-state index is 12.9. The topological polar surface area (TPSA) is 49.8 Å². The Morgan fingerprint density at radius 3 is 2.73 bits per heavy atom. The minimum atomic E-state index is -4.37. The van der Waals surface area contributed by atoms with Gasteiger partial charge < -0.3 is 10.6 Å². The fourth-order valence-electron chi connectivity index (χ4n) is 2.25. The molecule has 0 saturated heterocycles. The predicted molar refractivity (Wildman–Crippen MR) is 79.3 cm³/mol. The number of fused-ring (bicyclic) bond motifs is 1. The van der Waals surface area contributed by atoms with Crippen molar-refractivity contribution in [2.24, 2.45) is 0 Å². The summed E-state index contributed by atoms with van der Waals surface area (Å²) in [7, 11) is 0. The maximum atomic E-state index is 12.9. The molecule has 1 aliphatic rings. The van der Waals surface area contributed by atoms with Gasteiger partial charge in [-0.25, -0.2) is 9.97 Å². The molecule has 0 fully saturated rings. The largest absolute Gasteiger partial charge is 0.416 e. The van der Waals surface area contributed by atoms with Crippen LogP contribution in [0.25, 0.3) is 0 Å². The van der Waals surface area contributed by atoms with Gasteiger partial charge in [0.25, 0.3) is 0 Å². The average molecular weight is 331 g/mol. The van der Waals surface area contributed by atoms with E-state index in [0.29, 0.717) is 18.2 Å². The molecule has 0 atom stereocenters. The van der Waals surface area contributed by atoms with Gasteiger partial charge in [0.05, 0.1) is 11.3 Å². The lowest BCUT2D eigenvalue weighted by Gasteiger charge is -2.13. The fourth-order valence-corrected chi connectivity index (χ4v) is 2.25. The summed E-state index contributed by atoms with van der Waals surface area (Å²) in [6.07, 6.45) is -2.69. The highest BCUT2D eigenvalue weighted by atomic mass is 35.5. The fraction of sp³-hybridized carbons (Fsp3) is 0.286. The molecule has 2 heterocycles. The normalized spacial score (nSPS) is 13.5. The van der Waals surface area contributed by atoms with Crippen LogP contribution in [-0.4, -0.2) is 9.97 Å². The zero-order valence-electron chi connectivity index (χ0n) is 11.7. The van der Waals surface area contributed by atoms with E-state index in [0.717, 1.165) is 23.9 Å². The first kappa shape index (κ1) is 16.5. The van der Waals surface area contributed by atoms with Gasteiger partial charge in [0.15, 0.2) is 0 Å². The molecule has 3 rings (SSSR count). The van der Waals surface area contributed by atoms with Gasteiger partial charge in [-0.05, 0) is 24.6 Å². The second-order valence-corrected chi connectivity index (χ2v) is 4.92. The van der Waals surface area contributed by atoms with Crippen LogP contribution in [-0.2, 0) is 19.3 Å². The molecule has 8 heteroatoms. The van der Waals surface area contributed by atoms with Crippen LogP contribution in [0.2, 0.25) is 0 Å². The van der Waals surface area contributed by atoms with E-state index in [2.05, 4.69) is 20.6 Å². The molecule has 0 spiro atoms. The van der Waals surface area contributed by atoms with Crippen molar-refractivity contribution in [2.75, 3.05) is 5.32 Å². The molecule has 1 aromatic carbocycles. The second-order valence-electron chi connectivity index (χ2n) is 4.92. The minimum Gasteiger partial charge on any atom is -0.324 e. The Labute approximate surface area is 131 Å². The highest BCUT2D eigenvalue weighted by Gasteiger charge is 2.32. The molecule has 2 N–H and O–H groups in total. The van der Waals surface area contributed by atoms with Gasteiger partial charge in [0, 0.05) is 30.5 Å². The number of nitrogens with one attached hydrogen (secondary N) is 2. The summed E-state index contributed by atoms with van der Waals surface area (Å²) in [5.74, 6) is 0.300. The predicted octanol–water partition coefficient (Wildman–Crippen LogP) is 3.57. The van der Waals surface area contributed by atoms with Gasteiger partial charge in [-0.1, -0.05) is 6.07 Å². The molecule has 1 aromatic heterocycles. The van der Waals surface area contributed by atoms with E-state index < -0.39 is 11.7 Å². The van der Waals surface area contributed by atoms with Crippen molar-refractivity contribution in [1.29, 1.82) is 0 Å². The smallest absolute Gasteiger partial charge is 0.324 e. The highest BCUT2D eigenvalue weighted by molar-refractivity contribution is 5.85. The number of alkyl halides is 3. The van der Waals surface area contributed by atoms with Crippen molar-refractivity contribution in [2.45, 2.75) is 26.2 Å². The molecule has 0 bridgehead atoms. The van der Waals surface area contributed by atoms with Crippen LogP contribution in [0.15, 0.2) is 24.4 Å². The number of halogens is 4. The van der Waals surface area contributed by atoms with Crippen LogP contribution in [0.4, 0.5) is 24.8 Å². The summed E-state index contributed by atoms with van der Waals surface area (Å²) in [5, 5.41) is 5.96.